The van der Waals surface area contributed by atoms with Gasteiger partial charge in [-0.3, -0.25) is 4.98 Å². The topological polar surface area (TPSA) is 36.7 Å². The number of aromatic nitrogens is 1. The molecule has 0 aliphatic heterocycles. The van der Waals surface area contributed by atoms with Gasteiger partial charge in [-0.05, 0) is 17.9 Å². The van der Waals surface area contributed by atoms with E-state index < -0.39 is 0 Å². The van der Waals surface area contributed by atoms with E-state index in [1.807, 2.05) is 65.1 Å². The van der Waals surface area contributed by atoms with Gasteiger partial charge in [-0.15, -0.1) is 0 Å². The lowest BCUT2D eigenvalue weighted by molar-refractivity contribution is 0.981. The third-order valence-corrected chi connectivity index (χ3v) is 2.36. The van der Waals surface area contributed by atoms with Crippen molar-refractivity contribution in [3.63, 3.8) is 0 Å². The zero-order valence-corrected chi connectivity index (χ0v) is 11.9. The number of rotatable bonds is 1. The maximum atomic E-state index is 8.87. The molecule has 0 aliphatic carbocycles. The molecule has 1 heterocycles. The zero-order chi connectivity index (χ0) is 14.0. The van der Waals surface area contributed by atoms with Crippen LogP contribution in [0.3, 0.4) is 0 Å². The number of benzene rings is 1. The van der Waals surface area contributed by atoms with E-state index in [9.17, 15) is 0 Å². The van der Waals surface area contributed by atoms with Gasteiger partial charge in [-0.1, -0.05) is 52.0 Å². The van der Waals surface area contributed by atoms with Gasteiger partial charge >= 0.3 is 0 Å². The van der Waals surface area contributed by atoms with Gasteiger partial charge in [0.1, 0.15) is 0 Å². The summed E-state index contributed by atoms with van der Waals surface area (Å²) in [5, 5.41) is 11.1. The molecule has 1 unspecified atom stereocenters. The molecule has 0 fully saturated rings. The van der Waals surface area contributed by atoms with Crippen molar-refractivity contribution in [2.75, 3.05) is 0 Å². The smallest absolute Gasteiger partial charge is 0.0705 e. The van der Waals surface area contributed by atoms with Crippen molar-refractivity contribution in [3.05, 3.63) is 42.2 Å². The SMILES string of the molecule is CC.CC.CC(C#N)c1cncc2ccccc12. The van der Waals surface area contributed by atoms with Gasteiger partial charge in [-0.25, -0.2) is 0 Å². The maximum Gasteiger partial charge on any atom is 0.0705 e. The van der Waals surface area contributed by atoms with Crippen LogP contribution in [0.2, 0.25) is 0 Å². The van der Waals surface area contributed by atoms with Crippen molar-refractivity contribution < 1.29 is 0 Å². The molecule has 18 heavy (non-hydrogen) atoms. The lowest BCUT2D eigenvalue weighted by Gasteiger charge is -2.06. The molecule has 2 heteroatoms. The van der Waals surface area contributed by atoms with E-state index in [0.29, 0.717) is 0 Å². The average molecular weight is 242 g/mol. The van der Waals surface area contributed by atoms with E-state index in [2.05, 4.69) is 11.1 Å². The van der Waals surface area contributed by atoms with Crippen molar-refractivity contribution >= 4 is 10.8 Å². The molecule has 0 saturated carbocycles. The predicted octanol–water partition coefficient (Wildman–Crippen LogP) is 4.91. The summed E-state index contributed by atoms with van der Waals surface area (Å²) in [7, 11) is 0. The van der Waals surface area contributed by atoms with Crippen LogP contribution in [0, 0.1) is 11.3 Å². The fourth-order valence-corrected chi connectivity index (χ4v) is 1.55. The van der Waals surface area contributed by atoms with E-state index in [4.69, 9.17) is 5.26 Å². The highest BCUT2D eigenvalue weighted by Gasteiger charge is 2.07. The van der Waals surface area contributed by atoms with Gasteiger partial charge < -0.3 is 0 Å². The summed E-state index contributed by atoms with van der Waals surface area (Å²) in [6.07, 6.45) is 3.60. The summed E-state index contributed by atoms with van der Waals surface area (Å²) in [5.74, 6) is -0.103. The van der Waals surface area contributed by atoms with Crippen LogP contribution in [0.5, 0.6) is 0 Å². The molecular formula is C16H22N2. The normalized spacial score (nSPS) is 10.2. The number of fused-ring (bicyclic) bond motifs is 1. The first-order valence-corrected chi connectivity index (χ1v) is 6.55. The van der Waals surface area contributed by atoms with Crippen molar-refractivity contribution in [2.45, 2.75) is 40.5 Å². The Morgan fingerprint density at radius 2 is 1.67 bits per heavy atom. The maximum absolute atomic E-state index is 8.87. The van der Waals surface area contributed by atoms with Crippen LogP contribution < -0.4 is 0 Å². The van der Waals surface area contributed by atoms with Gasteiger partial charge in [0.05, 0.1) is 12.0 Å². The van der Waals surface area contributed by atoms with Crippen LogP contribution in [-0.4, -0.2) is 4.98 Å². The molecule has 0 aliphatic rings. The Morgan fingerprint density at radius 3 is 2.28 bits per heavy atom. The molecule has 2 rings (SSSR count). The monoisotopic (exact) mass is 242 g/mol. The van der Waals surface area contributed by atoms with Crippen molar-refractivity contribution in [1.29, 1.82) is 5.26 Å². The highest BCUT2D eigenvalue weighted by Crippen LogP contribution is 2.23. The van der Waals surface area contributed by atoms with Gasteiger partial charge in [0.15, 0.2) is 0 Å². The predicted molar refractivity (Wildman–Crippen MR) is 78.5 cm³/mol. The first-order valence-electron chi connectivity index (χ1n) is 6.55. The Bertz CT molecular complexity index is 492. The van der Waals surface area contributed by atoms with Crippen LogP contribution in [0.4, 0.5) is 0 Å². The van der Waals surface area contributed by atoms with Crippen LogP contribution in [0.25, 0.3) is 10.8 Å². The van der Waals surface area contributed by atoms with E-state index >= 15 is 0 Å². The van der Waals surface area contributed by atoms with Gasteiger partial charge in [-0.2, -0.15) is 5.26 Å². The molecule has 0 saturated heterocycles. The molecular weight excluding hydrogens is 220 g/mol. The summed E-state index contributed by atoms with van der Waals surface area (Å²) >= 11 is 0. The number of pyridine rings is 1. The highest BCUT2D eigenvalue weighted by atomic mass is 14.6. The minimum atomic E-state index is -0.103. The lowest BCUT2D eigenvalue weighted by Crippen LogP contribution is -1.92. The second-order valence-electron chi connectivity index (χ2n) is 3.30. The molecule has 2 aromatic rings. The molecule has 0 amide bonds. The molecule has 96 valence electrons. The molecule has 1 atom stereocenters. The molecule has 1 aromatic heterocycles. The third kappa shape index (κ3) is 3.85. The minimum absolute atomic E-state index is 0.103. The van der Waals surface area contributed by atoms with Gasteiger partial charge in [0.2, 0.25) is 0 Å². The fourth-order valence-electron chi connectivity index (χ4n) is 1.55. The van der Waals surface area contributed by atoms with Crippen molar-refractivity contribution in [2.24, 2.45) is 0 Å². The van der Waals surface area contributed by atoms with Gasteiger partial charge in [0.25, 0.3) is 0 Å². The largest absolute Gasteiger partial charge is 0.264 e. The summed E-state index contributed by atoms with van der Waals surface area (Å²) in [5.41, 5.74) is 1.01. The number of hydrogen-bond donors (Lipinski definition) is 0. The summed E-state index contributed by atoms with van der Waals surface area (Å²) in [6.45, 7) is 9.89. The molecule has 0 N–H and O–H groups in total. The Labute approximate surface area is 110 Å². The third-order valence-electron chi connectivity index (χ3n) is 2.36. The summed E-state index contributed by atoms with van der Waals surface area (Å²) in [4.78, 5) is 4.13. The molecule has 0 spiro atoms. The average Bonchev–Trinajstić information content (AvgIpc) is 2.50. The van der Waals surface area contributed by atoms with Gasteiger partial charge in [0, 0.05) is 17.8 Å². The Morgan fingerprint density at radius 1 is 1.06 bits per heavy atom. The second-order valence-corrected chi connectivity index (χ2v) is 3.30. The fraction of sp³-hybridized carbons (Fsp3) is 0.375. The van der Waals surface area contributed by atoms with Crippen LogP contribution in [0.1, 0.15) is 46.1 Å². The Balaban J connectivity index is 0.000000659. The number of nitrogens with zero attached hydrogens (tertiary/aromatic N) is 2. The minimum Gasteiger partial charge on any atom is -0.264 e. The van der Waals surface area contributed by atoms with E-state index in [-0.39, 0.29) is 5.92 Å². The highest BCUT2D eigenvalue weighted by molar-refractivity contribution is 5.85. The molecule has 2 nitrogen and oxygen atoms in total. The van der Waals surface area contributed by atoms with Crippen molar-refractivity contribution in [1.82, 2.24) is 4.98 Å². The Hall–Kier alpha value is -1.88. The standard InChI is InChI=1S/C12H10N2.2C2H6/c1-9(6-13)12-8-14-7-10-4-2-3-5-11(10)12;2*1-2/h2-5,7-9H,1H3;2*1-2H3. The van der Waals surface area contributed by atoms with E-state index in [1.54, 1.807) is 6.20 Å². The Kier molecular flexibility index (Phi) is 8.22. The van der Waals surface area contributed by atoms with Crippen LogP contribution >= 0.6 is 0 Å². The molecule has 0 radical (unpaired) electrons. The first-order chi connectivity index (χ1) is 8.83. The van der Waals surface area contributed by atoms with Crippen LogP contribution in [-0.2, 0) is 0 Å². The van der Waals surface area contributed by atoms with E-state index in [0.717, 1.165) is 16.3 Å². The van der Waals surface area contributed by atoms with Crippen LogP contribution in [0.15, 0.2) is 36.7 Å². The number of hydrogen-bond acceptors (Lipinski definition) is 2. The van der Waals surface area contributed by atoms with E-state index in [1.165, 1.54) is 0 Å². The zero-order valence-electron chi connectivity index (χ0n) is 11.9. The molecule has 1 aromatic carbocycles. The summed E-state index contributed by atoms with van der Waals surface area (Å²) in [6, 6.07) is 10.2. The number of nitriles is 1. The van der Waals surface area contributed by atoms with Crippen molar-refractivity contribution in [3.8, 4) is 6.07 Å². The second kappa shape index (κ2) is 9.18. The first kappa shape index (κ1) is 16.1. The summed E-state index contributed by atoms with van der Waals surface area (Å²) < 4.78 is 0. The molecule has 0 bridgehead atoms. The lowest BCUT2D eigenvalue weighted by atomic mass is 9.99. The quantitative estimate of drug-likeness (QED) is 0.712.